The molecule has 3 aromatic rings. The van der Waals surface area contributed by atoms with Crippen LogP contribution in [0.4, 0.5) is 0 Å². The number of aromatic nitrogens is 1. The van der Waals surface area contributed by atoms with Crippen LogP contribution in [0, 0.1) is 0 Å². The Bertz CT molecular complexity index is 941. The van der Waals surface area contributed by atoms with E-state index in [2.05, 4.69) is 10.3 Å². The third-order valence-electron chi connectivity index (χ3n) is 4.19. The van der Waals surface area contributed by atoms with Crippen LogP contribution in [0.25, 0.3) is 0 Å². The summed E-state index contributed by atoms with van der Waals surface area (Å²) in [5.41, 5.74) is 5.09. The number of nitrogens with one attached hydrogen (secondary N) is 1. The molecule has 0 fully saturated rings. The van der Waals surface area contributed by atoms with Crippen molar-refractivity contribution >= 4 is 34.9 Å². The van der Waals surface area contributed by atoms with Crippen LogP contribution in [0.3, 0.4) is 0 Å². The van der Waals surface area contributed by atoms with Gasteiger partial charge >= 0.3 is 0 Å². The summed E-state index contributed by atoms with van der Waals surface area (Å²) >= 11 is 3.19. The Morgan fingerprint density at radius 3 is 2.57 bits per heavy atom. The van der Waals surface area contributed by atoms with Gasteiger partial charge in [0.25, 0.3) is 11.8 Å². The van der Waals surface area contributed by atoms with E-state index >= 15 is 0 Å². The van der Waals surface area contributed by atoms with Gasteiger partial charge in [0.15, 0.2) is 0 Å². The zero-order valence-corrected chi connectivity index (χ0v) is 17.3. The fourth-order valence-electron chi connectivity index (χ4n) is 2.69. The minimum absolute atomic E-state index is 0.0308. The van der Waals surface area contributed by atoms with Crippen LogP contribution in [0.15, 0.2) is 64.3 Å². The van der Waals surface area contributed by atoms with Gasteiger partial charge in [0.2, 0.25) is 0 Å². The first-order valence-corrected chi connectivity index (χ1v) is 10.7. The monoisotopic (exact) mass is 411 g/mol. The van der Waals surface area contributed by atoms with Crippen LogP contribution in [0.1, 0.15) is 32.0 Å². The van der Waals surface area contributed by atoms with Gasteiger partial charge in [-0.25, -0.2) is 4.98 Å². The molecular formula is C21H21N3O2S2. The number of nitrogens with zero attached hydrogens (tertiary/aromatic N) is 2. The predicted octanol–water partition coefficient (Wildman–Crippen LogP) is 4.07. The molecule has 2 aromatic carbocycles. The van der Waals surface area contributed by atoms with Gasteiger partial charge in [0.1, 0.15) is 0 Å². The van der Waals surface area contributed by atoms with E-state index in [4.69, 9.17) is 0 Å². The van der Waals surface area contributed by atoms with Crippen molar-refractivity contribution in [2.24, 2.45) is 0 Å². The second kappa shape index (κ2) is 9.52. The molecule has 7 heteroatoms. The standard InChI is InChI=1S/C21H21N3O2S2/c1-22-20(25)16-9-7-15(8-10-16)11-24(2)21(26)18-5-3-4-6-19(18)28-13-17-12-27-14-23-17/h3-10,12,14H,11,13H2,1-2H3,(H,22,25). The Labute approximate surface area is 172 Å². The Kier molecular flexibility index (Phi) is 6.84. The maximum Gasteiger partial charge on any atom is 0.255 e. The number of thiazole rings is 1. The van der Waals surface area contributed by atoms with Crippen molar-refractivity contribution < 1.29 is 9.59 Å². The van der Waals surface area contributed by atoms with E-state index in [1.54, 1.807) is 54.2 Å². The first kappa shape index (κ1) is 20.1. The molecule has 0 atom stereocenters. The molecule has 0 aliphatic rings. The first-order chi connectivity index (χ1) is 13.6. The molecule has 1 heterocycles. The number of hydrogen-bond acceptors (Lipinski definition) is 5. The minimum Gasteiger partial charge on any atom is -0.355 e. The van der Waals surface area contributed by atoms with Crippen molar-refractivity contribution in [2.45, 2.75) is 17.2 Å². The number of benzene rings is 2. The highest BCUT2D eigenvalue weighted by atomic mass is 32.2. The highest BCUT2D eigenvalue weighted by Gasteiger charge is 2.16. The molecule has 5 nitrogen and oxygen atoms in total. The quantitative estimate of drug-likeness (QED) is 0.596. The van der Waals surface area contributed by atoms with Gasteiger partial charge in [-0.1, -0.05) is 24.3 Å². The first-order valence-electron chi connectivity index (χ1n) is 8.74. The Balaban J connectivity index is 1.68. The largest absolute Gasteiger partial charge is 0.355 e. The van der Waals surface area contributed by atoms with Crippen molar-refractivity contribution in [3.63, 3.8) is 0 Å². The van der Waals surface area contributed by atoms with Gasteiger partial charge in [-0.2, -0.15) is 0 Å². The van der Waals surface area contributed by atoms with E-state index in [0.29, 0.717) is 17.7 Å². The van der Waals surface area contributed by atoms with Crippen LogP contribution in [-0.4, -0.2) is 35.8 Å². The molecule has 3 rings (SSSR count). The van der Waals surface area contributed by atoms with E-state index in [-0.39, 0.29) is 11.8 Å². The number of carbonyl (C=O) groups is 2. The van der Waals surface area contributed by atoms with Crippen molar-refractivity contribution in [1.82, 2.24) is 15.2 Å². The highest BCUT2D eigenvalue weighted by molar-refractivity contribution is 7.98. The maximum atomic E-state index is 13.0. The third kappa shape index (κ3) is 4.99. The molecule has 28 heavy (non-hydrogen) atoms. The van der Waals surface area contributed by atoms with E-state index in [0.717, 1.165) is 21.9 Å². The molecule has 0 saturated carbocycles. The van der Waals surface area contributed by atoms with Gasteiger partial charge in [0.05, 0.1) is 16.8 Å². The Hall–Kier alpha value is -2.64. The summed E-state index contributed by atoms with van der Waals surface area (Å²) in [7, 11) is 3.39. The lowest BCUT2D eigenvalue weighted by molar-refractivity contribution is 0.0781. The Morgan fingerprint density at radius 2 is 1.89 bits per heavy atom. The lowest BCUT2D eigenvalue weighted by Gasteiger charge is -2.19. The van der Waals surface area contributed by atoms with Crippen LogP contribution in [0.2, 0.25) is 0 Å². The van der Waals surface area contributed by atoms with Crippen molar-refractivity contribution in [2.75, 3.05) is 14.1 Å². The summed E-state index contributed by atoms with van der Waals surface area (Å²) in [5.74, 6) is 0.581. The number of amides is 2. The van der Waals surface area contributed by atoms with Crippen LogP contribution in [0.5, 0.6) is 0 Å². The molecule has 2 amide bonds. The van der Waals surface area contributed by atoms with Gasteiger partial charge in [-0.15, -0.1) is 23.1 Å². The lowest BCUT2D eigenvalue weighted by Crippen LogP contribution is -2.26. The summed E-state index contributed by atoms with van der Waals surface area (Å²) in [6.07, 6.45) is 0. The molecule has 0 bridgehead atoms. The Morgan fingerprint density at radius 1 is 1.14 bits per heavy atom. The summed E-state index contributed by atoms with van der Waals surface area (Å²) in [4.78, 5) is 31.6. The van der Waals surface area contributed by atoms with Gasteiger partial charge in [0, 0.05) is 42.2 Å². The summed E-state index contributed by atoms with van der Waals surface area (Å²) in [6.45, 7) is 0.470. The van der Waals surface area contributed by atoms with Gasteiger partial charge < -0.3 is 10.2 Å². The average molecular weight is 412 g/mol. The average Bonchev–Trinajstić information content (AvgIpc) is 3.25. The van der Waals surface area contributed by atoms with Crippen LogP contribution >= 0.6 is 23.1 Å². The fourth-order valence-corrected chi connectivity index (χ4v) is 4.30. The molecule has 0 spiro atoms. The van der Waals surface area contributed by atoms with Crippen LogP contribution in [-0.2, 0) is 12.3 Å². The normalized spacial score (nSPS) is 10.5. The predicted molar refractivity (Wildman–Crippen MR) is 114 cm³/mol. The topological polar surface area (TPSA) is 62.3 Å². The molecule has 0 aliphatic carbocycles. The van der Waals surface area contributed by atoms with Gasteiger partial charge in [-0.3, -0.25) is 9.59 Å². The van der Waals surface area contributed by atoms with Crippen LogP contribution < -0.4 is 5.32 Å². The van der Waals surface area contributed by atoms with E-state index in [9.17, 15) is 9.59 Å². The molecular weight excluding hydrogens is 390 g/mol. The van der Waals surface area contributed by atoms with E-state index < -0.39 is 0 Å². The molecule has 0 radical (unpaired) electrons. The minimum atomic E-state index is -0.123. The second-order valence-corrected chi connectivity index (χ2v) is 7.94. The molecule has 0 unspecified atom stereocenters. The maximum absolute atomic E-state index is 13.0. The molecule has 0 saturated heterocycles. The van der Waals surface area contributed by atoms with Crippen molar-refractivity contribution in [3.8, 4) is 0 Å². The molecule has 1 N–H and O–H groups in total. The smallest absolute Gasteiger partial charge is 0.255 e. The number of rotatable bonds is 7. The SMILES string of the molecule is CNC(=O)c1ccc(CN(C)C(=O)c2ccccc2SCc2cscn2)cc1. The summed E-state index contributed by atoms with van der Waals surface area (Å²) in [6, 6.07) is 14.9. The zero-order chi connectivity index (χ0) is 19.9. The van der Waals surface area contributed by atoms with Gasteiger partial charge in [-0.05, 0) is 29.8 Å². The van der Waals surface area contributed by atoms with E-state index in [1.165, 1.54) is 0 Å². The van der Waals surface area contributed by atoms with Crippen molar-refractivity contribution in [1.29, 1.82) is 0 Å². The second-order valence-electron chi connectivity index (χ2n) is 6.20. The molecule has 144 valence electrons. The number of hydrogen-bond donors (Lipinski definition) is 1. The fraction of sp³-hybridized carbons (Fsp3) is 0.190. The zero-order valence-electron chi connectivity index (χ0n) is 15.7. The highest BCUT2D eigenvalue weighted by Crippen LogP contribution is 2.27. The lowest BCUT2D eigenvalue weighted by atomic mass is 10.1. The third-order valence-corrected chi connectivity index (χ3v) is 5.93. The summed E-state index contributed by atoms with van der Waals surface area (Å²) < 4.78 is 0. The number of thioether (sulfide) groups is 1. The number of carbonyl (C=O) groups excluding carboxylic acids is 2. The molecule has 1 aromatic heterocycles. The molecule has 0 aliphatic heterocycles. The van der Waals surface area contributed by atoms with E-state index in [1.807, 2.05) is 47.3 Å². The van der Waals surface area contributed by atoms with Crippen molar-refractivity contribution in [3.05, 3.63) is 81.8 Å². The summed E-state index contributed by atoms with van der Waals surface area (Å²) in [5, 5.41) is 4.62.